The molecule has 8 heteroatoms. The zero-order valence-corrected chi connectivity index (χ0v) is 15.4. The van der Waals surface area contributed by atoms with E-state index in [0.29, 0.717) is 24.9 Å². The first-order valence-electron chi connectivity index (χ1n) is 9.50. The summed E-state index contributed by atoms with van der Waals surface area (Å²) in [7, 11) is 0. The van der Waals surface area contributed by atoms with Gasteiger partial charge in [0, 0.05) is 24.9 Å². The van der Waals surface area contributed by atoms with Crippen molar-refractivity contribution in [3.8, 4) is 0 Å². The third kappa shape index (κ3) is 3.73. The van der Waals surface area contributed by atoms with E-state index in [4.69, 9.17) is 4.52 Å². The minimum absolute atomic E-state index is 0.0547. The third-order valence-corrected chi connectivity index (χ3v) is 5.11. The smallest absolute Gasteiger partial charge is 0.317 e. The number of likely N-dealkylation sites (tertiary alicyclic amines) is 1. The van der Waals surface area contributed by atoms with Gasteiger partial charge in [0.05, 0.1) is 23.9 Å². The molecule has 2 amide bonds. The molecule has 1 saturated carbocycles. The fraction of sp³-hybridized carbons (Fsp3) is 0.667. The molecule has 2 aliphatic rings. The highest BCUT2D eigenvalue weighted by molar-refractivity contribution is 5.74. The average molecular weight is 358 g/mol. The largest absolute Gasteiger partial charge is 0.339 e. The van der Waals surface area contributed by atoms with Crippen LogP contribution in [0.1, 0.15) is 80.4 Å². The second-order valence-electron chi connectivity index (χ2n) is 7.68. The molecule has 2 aromatic rings. The molecule has 2 fully saturated rings. The number of rotatable bonds is 5. The Kier molecular flexibility index (Phi) is 4.65. The Hall–Kier alpha value is -2.38. The molecule has 0 aromatic carbocycles. The van der Waals surface area contributed by atoms with E-state index in [9.17, 15) is 4.79 Å². The van der Waals surface area contributed by atoms with Gasteiger partial charge in [-0.2, -0.15) is 10.1 Å². The van der Waals surface area contributed by atoms with Crippen molar-refractivity contribution in [1.82, 2.24) is 30.6 Å². The standard InChI is InChI=1S/C18H26N6O2/c1-11(2)16-20-17(26-23-16)13-4-3-7-24(10-13)18(25)19-9-14-8-15(22-21-14)12-5-6-12/h8,11-13H,3-7,9-10H2,1-2H3,(H,19,25)(H,21,22)/t13-/m1/s1. The normalized spacial score (nSPS) is 20.6. The molecule has 1 aliphatic heterocycles. The van der Waals surface area contributed by atoms with Gasteiger partial charge in [0.25, 0.3) is 0 Å². The Balaban J connectivity index is 1.31. The molecule has 0 bridgehead atoms. The third-order valence-electron chi connectivity index (χ3n) is 5.11. The lowest BCUT2D eigenvalue weighted by molar-refractivity contribution is 0.171. The predicted octanol–water partition coefficient (Wildman–Crippen LogP) is 2.88. The van der Waals surface area contributed by atoms with Gasteiger partial charge in [-0.1, -0.05) is 19.0 Å². The molecule has 0 unspecified atom stereocenters. The first-order chi connectivity index (χ1) is 12.6. The van der Waals surface area contributed by atoms with Gasteiger partial charge in [-0.25, -0.2) is 4.79 Å². The maximum atomic E-state index is 12.5. The number of carbonyl (C=O) groups is 1. The van der Waals surface area contributed by atoms with Gasteiger partial charge in [0.2, 0.25) is 5.89 Å². The van der Waals surface area contributed by atoms with Crippen LogP contribution in [0.3, 0.4) is 0 Å². The van der Waals surface area contributed by atoms with E-state index in [0.717, 1.165) is 36.6 Å². The average Bonchev–Trinajstić information content (AvgIpc) is 3.19. The Bertz CT molecular complexity index is 763. The topological polar surface area (TPSA) is 99.9 Å². The van der Waals surface area contributed by atoms with Gasteiger partial charge in [-0.05, 0) is 31.7 Å². The van der Waals surface area contributed by atoms with Gasteiger partial charge < -0.3 is 14.7 Å². The molecular formula is C18H26N6O2. The Morgan fingerprint density at radius 1 is 1.38 bits per heavy atom. The fourth-order valence-corrected chi connectivity index (χ4v) is 3.35. The number of aromatic nitrogens is 4. The van der Waals surface area contributed by atoms with Crippen molar-refractivity contribution in [2.45, 2.75) is 63.8 Å². The minimum Gasteiger partial charge on any atom is -0.339 e. The monoisotopic (exact) mass is 358 g/mol. The van der Waals surface area contributed by atoms with Crippen LogP contribution >= 0.6 is 0 Å². The van der Waals surface area contributed by atoms with Crippen molar-refractivity contribution < 1.29 is 9.32 Å². The lowest BCUT2D eigenvalue weighted by atomic mass is 9.98. The van der Waals surface area contributed by atoms with E-state index in [1.165, 1.54) is 12.8 Å². The number of piperidine rings is 1. The van der Waals surface area contributed by atoms with Crippen molar-refractivity contribution >= 4 is 6.03 Å². The first-order valence-corrected chi connectivity index (χ1v) is 9.50. The van der Waals surface area contributed by atoms with E-state index >= 15 is 0 Å². The number of aromatic amines is 1. The van der Waals surface area contributed by atoms with Crippen LogP contribution in [0.15, 0.2) is 10.6 Å². The van der Waals surface area contributed by atoms with Crippen LogP contribution in [0.2, 0.25) is 0 Å². The Labute approximate surface area is 152 Å². The summed E-state index contributed by atoms with van der Waals surface area (Å²) in [5, 5.41) is 14.4. The lowest BCUT2D eigenvalue weighted by Gasteiger charge is -2.31. The van der Waals surface area contributed by atoms with Crippen molar-refractivity contribution in [1.29, 1.82) is 0 Å². The van der Waals surface area contributed by atoms with Gasteiger partial charge in [0.15, 0.2) is 5.82 Å². The molecule has 1 saturated heterocycles. The zero-order chi connectivity index (χ0) is 18.1. The number of carbonyl (C=O) groups excluding carboxylic acids is 1. The number of nitrogens with one attached hydrogen (secondary N) is 2. The molecule has 8 nitrogen and oxygen atoms in total. The van der Waals surface area contributed by atoms with E-state index in [1.54, 1.807) is 0 Å². The van der Waals surface area contributed by atoms with Gasteiger partial charge in [-0.3, -0.25) is 5.10 Å². The van der Waals surface area contributed by atoms with E-state index in [2.05, 4.69) is 31.7 Å². The fourth-order valence-electron chi connectivity index (χ4n) is 3.35. The molecule has 0 spiro atoms. The summed E-state index contributed by atoms with van der Waals surface area (Å²) in [6, 6.07) is 2.00. The molecule has 1 atom stereocenters. The molecule has 4 rings (SSSR count). The molecule has 26 heavy (non-hydrogen) atoms. The summed E-state index contributed by atoms with van der Waals surface area (Å²) in [6.45, 7) is 5.92. The number of hydrogen-bond donors (Lipinski definition) is 2. The molecule has 1 aliphatic carbocycles. The summed E-state index contributed by atoms with van der Waals surface area (Å²) in [5.74, 6) is 2.35. The highest BCUT2D eigenvalue weighted by Gasteiger charge is 2.29. The van der Waals surface area contributed by atoms with Gasteiger partial charge in [0.1, 0.15) is 0 Å². The predicted molar refractivity (Wildman–Crippen MR) is 94.7 cm³/mol. The van der Waals surface area contributed by atoms with E-state index in [1.807, 2.05) is 18.7 Å². The zero-order valence-electron chi connectivity index (χ0n) is 15.4. The SMILES string of the molecule is CC(C)c1noc([C@@H]2CCCN(C(=O)NCc3cc(C4CC4)n[nH]3)C2)n1. The molecular weight excluding hydrogens is 332 g/mol. The van der Waals surface area contributed by atoms with Crippen molar-refractivity contribution in [2.75, 3.05) is 13.1 Å². The number of amides is 2. The van der Waals surface area contributed by atoms with Crippen LogP contribution in [0, 0.1) is 0 Å². The van der Waals surface area contributed by atoms with Crippen LogP contribution < -0.4 is 5.32 Å². The Morgan fingerprint density at radius 3 is 2.96 bits per heavy atom. The van der Waals surface area contributed by atoms with Crippen LogP contribution in [0.5, 0.6) is 0 Å². The first kappa shape index (κ1) is 17.1. The minimum atomic E-state index is -0.0547. The molecule has 140 valence electrons. The van der Waals surface area contributed by atoms with Crippen LogP contribution in [0.25, 0.3) is 0 Å². The lowest BCUT2D eigenvalue weighted by Crippen LogP contribution is -2.44. The summed E-state index contributed by atoms with van der Waals surface area (Å²) >= 11 is 0. The van der Waals surface area contributed by atoms with E-state index in [-0.39, 0.29) is 17.9 Å². The van der Waals surface area contributed by atoms with Crippen molar-refractivity contribution in [3.63, 3.8) is 0 Å². The second-order valence-corrected chi connectivity index (χ2v) is 7.68. The number of H-pyrrole nitrogens is 1. The number of nitrogens with zero attached hydrogens (tertiary/aromatic N) is 4. The quantitative estimate of drug-likeness (QED) is 0.856. The highest BCUT2D eigenvalue weighted by atomic mass is 16.5. The van der Waals surface area contributed by atoms with E-state index < -0.39 is 0 Å². The van der Waals surface area contributed by atoms with Gasteiger partial charge >= 0.3 is 6.03 Å². The Morgan fingerprint density at radius 2 is 2.23 bits per heavy atom. The van der Waals surface area contributed by atoms with Crippen molar-refractivity contribution in [3.05, 3.63) is 29.2 Å². The summed E-state index contributed by atoms with van der Waals surface area (Å²) in [5.41, 5.74) is 2.07. The molecule has 3 heterocycles. The molecule has 2 N–H and O–H groups in total. The van der Waals surface area contributed by atoms with Crippen molar-refractivity contribution in [2.24, 2.45) is 0 Å². The number of urea groups is 1. The maximum Gasteiger partial charge on any atom is 0.317 e. The van der Waals surface area contributed by atoms with Crippen LogP contribution in [-0.4, -0.2) is 44.4 Å². The maximum absolute atomic E-state index is 12.5. The van der Waals surface area contributed by atoms with Crippen LogP contribution in [0.4, 0.5) is 4.79 Å². The van der Waals surface area contributed by atoms with Crippen LogP contribution in [-0.2, 0) is 6.54 Å². The summed E-state index contributed by atoms with van der Waals surface area (Å²) in [6.07, 6.45) is 4.35. The summed E-state index contributed by atoms with van der Waals surface area (Å²) < 4.78 is 5.42. The molecule has 2 aromatic heterocycles. The highest BCUT2D eigenvalue weighted by Crippen LogP contribution is 2.39. The molecule has 0 radical (unpaired) electrons. The summed E-state index contributed by atoms with van der Waals surface area (Å²) in [4.78, 5) is 18.9. The number of hydrogen-bond acceptors (Lipinski definition) is 5. The second kappa shape index (κ2) is 7.09. The van der Waals surface area contributed by atoms with Gasteiger partial charge in [-0.15, -0.1) is 0 Å².